The molecule has 1 heterocycles. The fourth-order valence-electron chi connectivity index (χ4n) is 3.27. The van der Waals surface area contributed by atoms with Crippen molar-refractivity contribution in [3.8, 4) is 34.4 Å². The number of benzene rings is 3. The third-order valence-electron chi connectivity index (χ3n) is 4.96. The van der Waals surface area contributed by atoms with Gasteiger partial charge in [-0.05, 0) is 29.8 Å². The van der Waals surface area contributed by atoms with E-state index in [4.69, 9.17) is 14.2 Å². The first-order valence-electron chi connectivity index (χ1n) is 10.4. The zero-order valence-corrected chi connectivity index (χ0v) is 18.7. The Morgan fingerprint density at radius 1 is 0.912 bits per heavy atom. The van der Waals surface area contributed by atoms with Gasteiger partial charge >= 0.3 is 0 Å². The molecule has 0 aliphatic heterocycles. The van der Waals surface area contributed by atoms with E-state index in [1.807, 2.05) is 30.3 Å². The lowest BCUT2D eigenvalue weighted by molar-refractivity contribution is 0.102. The first-order chi connectivity index (χ1) is 16.6. The van der Waals surface area contributed by atoms with E-state index in [0.717, 1.165) is 5.56 Å². The highest BCUT2D eigenvalue weighted by Gasteiger charge is 2.18. The van der Waals surface area contributed by atoms with E-state index in [0.29, 0.717) is 46.5 Å². The van der Waals surface area contributed by atoms with Gasteiger partial charge in [-0.1, -0.05) is 42.5 Å². The lowest BCUT2D eigenvalue weighted by Crippen LogP contribution is -2.13. The number of hydrogen-bond acceptors (Lipinski definition) is 7. The Morgan fingerprint density at radius 3 is 2.21 bits per heavy atom. The van der Waals surface area contributed by atoms with Crippen LogP contribution in [0.5, 0.6) is 23.0 Å². The number of amides is 1. The number of aromatic hydroxyl groups is 1. The van der Waals surface area contributed by atoms with Gasteiger partial charge in [-0.3, -0.25) is 4.79 Å². The number of aromatic nitrogens is 2. The van der Waals surface area contributed by atoms with Crippen LogP contribution in [0.25, 0.3) is 11.4 Å². The van der Waals surface area contributed by atoms with Crippen molar-refractivity contribution >= 4 is 11.6 Å². The highest BCUT2D eigenvalue weighted by molar-refractivity contribution is 6.05. The quantitative estimate of drug-likeness (QED) is 0.395. The molecule has 172 valence electrons. The van der Waals surface area contributed by atoms with Gasteiger partial charge in [-0.25, -0.2) is 9.97 Å². The van der Waals surface area contributed by atoms with Crippen LogP contribution in [0, 0.1) is 0 Å². The van der Waals surface area contributed by atoms with E-state index >= 15 is 0 Å². The van der Waals surface area contributed by atoms with Crippen LogP contribution in [0.2, 0.25) is 0 Å². The molecule has 0 spiro atoms. The number of nitrogens with zero attached hydrogens (tertiary/aromatic N) is 2. The van der Waals surface area contributed by atoms with Gasteiger partial charge in [-0.15, -0.1) is 0 Å². The number of hydrogen-bond donors (Lipinski definition) is 2. The lowest BCUT2D eigenvalue weighted by Gasteiger charge is -2.16. The molecule has 0 saturated carbocycles. The smallest absolute Gasteiger partial charge is 0.256 e. The van der Waals surface area contributed by atoms with Crippen molar-refractivity contribution in [1.29, 1.82) is 0 Å². The number of anilines is 1. The van der Waals surface area contributed by atoms with Crippen molar-refractivity contribution in [1.82, 2.24) is 9.97 Å². The summed E-state index contributed by atoms with van der Waals surface area (Å²) in [6.07, 6.45) is 2.99. The number of phenols is 1. The van der Waals surface area contributed by atoms with E-state index in [1.54, 1.807) is 36.4 Å². The van der Waals surface area contributed by atoms with Gasteiger partial charge in [0.15, 0.2) is 17.3 Å². The fourth-order valence-corrected chi connectivity index (χ4v) is 3.27. The van der Waals surface area contributed by atoms with Gasteiger partial charge in [-0.2, -0.15) is 0 Å². The molecule has 1 amide bonds. The second kappa shape index (κ2) is 10.4. The molecule has 0 bridgehead atoms. The Bertz CT molecular complexity index is 1250. The third kappa shape index (κ3) is 5.24. The van der Waals surface area contributed by atoms with Crippen molar-refractivity contribution in [3.63, 3.8) is 0 Å². The number of phenolic OH excluding ortho intramolecular Hbond substituents is 1. The average molecular weight is 457 g/mol. The van der Waals surface area contributed by atoms with Gasteiger partial charge in [0.2, 0.25) is 5.75 Å². The number of methoxy groups -OCH3 is 2. The molecule has 0 unspecified atom stereocenters. The summed E-state index contributed by atoms with van der Waals surface area (Å²) in [4.78, 5) is 21.4. The van der Waals surface area contributed by atoms with E-state index in [9.17, 15) is 9.90 Å². The first kappa shape index (κ1) is 22.6. The van der Waals surface area contributed by atoms with Gasteiger partial charge in [0.1, 0.15) is 12.4 Å². The molecule has 1 aromatic heterocycles. The summed E-state index contributed by atoms with van der Waals surface area (Å²) in [6, 6.07) is 19.5. The van der Waals surface area contributed by atoms with E-state index in [2.05, 4.69) is 15.3 Å². The number of ether oxygens (including phenoxy) is 3. The topological polar surface area (TPSA) is 103 Å². The SMILES string of the molecule is COc1cc(C(=O)Nc2cnc(-c3cccc(O)c3)nc2)cc(OC)c1OCc1ccccc1. The summed E-state index contributed by atoms with van der Waals surface area (Å²) >= 11 is 0. The average Bonchev–Trinajstić information content (AvgIpc) is 2.88. The standard InChI is InChI=1S/C26H23N3O5/c1-32-22-12-19(13-23(33-2)24(22)34-16-17-7-4-3-5-8-17)26(31)29-20-14-27-25(28-15-20)18-9-6-10-21(30)11-18/h3-15,30H,16H2,1-2H3,(H,29,31). The van der Waals surface area contributed by atoms with E-state index in [1.165, 1.54) is 26.6 Å². The fraction of sp³-hybridized carbons (Fsp3) is 0.115. The third-order valence-corrected chi connectivity index (χ3v) is 4.96. The van der Waals surface area contributed by atoms with Crippen molar-refractivity contribution in [2.75, 3.05) is 19.5 Å². The minimum absolute atomic E-state index is 0.123. The molecular weight excluding hydrogens is 434 g/mol. The normalized spacial score (nSPS) is 10.4. The number of carbonyl (C=O) groups is 1. The molecule has 0 saturated heterocycles. The molecule has 0 aliphatic carbocycles. The van der Waals surface area contributed by atoms with Crippen LogP contribution >= 0.6 is 0 Å². The maximum absolute atomic E-state index is 12.9. The van der Waals surface area contributed by atoms with Crippen molar-refractivity contribution in [2.45, 2.75) is 6.61 Å². The first-order valence-corrected chi connectivity index (χ1v) is 10.4. The maximum Gasteiger partial charge on any atom is 0.256 e. The van der Waals surface area contributed by atoms with Crippen molar-refractivity contribution < 1.29 is 24.1 Å². The van der Waals surface area contributed by atoms with E-state index in [-0.39, 0.29) is 11.7 Å². The molecule has 0 atom stereocenters. The van der Waals surface area contributed by atoms with Crippen molar-refractivity contribution in [2.24, 2.45) is 0 Å². The summed E-state index contributed by atoms with van der Waals surface area (Å²) in [5.41, 5.74) is 2.38. The zero-order valence-electron chi connectivity index (χ0n) is 18.7. The van der Waals surface area contributed by atoms with Crippen LogP contribution in [0.15, 0.2) is 79.1 Å². The highest BCUT2D eigenvalue weighted by atomic mass is 16.5. The molecule has 2 N–H and O–H groups in total. The molecule has 0 aliphatic rings. The Labute approximate surface area is 196 Å². The van der Waals surface area contributed by atoms with Gasteiger partial charge in [0.25, 0.3) is 5.91 Å². The summed E-state index contributed by atoms with van der Waals surface area (Å²) < 4.78 is 16.9. The molecular formula is C26H23N3O5. The van der Waals surface area contributed by atoms with Crippen LogP contribution in [0.4, 0.5) is 5.69 Å². The summed E-state index contributed by atoms with van der Waals surface area (Å²) in [6.45, 7) is 0.321. The lowest BCUT2D eigenvalue weighted by atomic mass is 10.1. The van der Waals surface area contributed by atoms with Crippen LogP contribution in [0.1, 0.15) is 15.9 Å². The Kier molecular flexibility index (Phi) is 6.88. The molecule has 4 aromatic rings. The second-order valence-corrected chi connectivity index (χ2v) is 7.28. The second-order valence-electron chi connectivity index (χ2n) is 7.28. The predicted molar refractivity (Wildman–Crippen MR) is 127 cm³/mol. The van der Waals surface area contributed by atoms with Gasteiger partial charge in [0.05, 0.1) is 32.3 Å². The minimum Gasteiger partial charge on any atom is -0.508 e. The Balaban J connectivity index is 1.51. The van der Waals surface area contributed by atoms with Gasteiger partial charge < -0.3 is 24.6 Å². The molecule has 34 heavy (non-hydrogen) atoms. The van der Waals surface area contributed by atoms with E-state index < -0.39 is 0 Å². The molecule has 0 fully saturated rings. The predicted octanol–water partition coefficient (Wildman–Crippen LogP) is 4.70. The van der Waals surface area contributed by atoms with Crippen LogP contribution in [0.3, 0.4) is 0 Å². The molecule has 0 radical (unpaired) electrons. The molecule has 4 rings (SSSR count). The highest BCUT2D eigenvalue weighted by Crippen LogP contribution is 2.39. The zero-order chi connectivity index (χ0) is 23.9. The Morgan fingerprint density at radius 2 is 1.59 bits per heavy atom. The van der Waals surface area contributed by atoms with Crippen molar-refractivity contribution in [3.05, 3.63) is 90.3 Å². The number of carbonyl (C=O) groups excluding carboxylic acids is 1. The maximum atomic E-state index is 12.9. The van der Waals surface area contributed by atoms with Crippen LogP contribution < -0.4 is 19.5 Å². The van der Waals surface area contributed by atoms with Gasteiger partial charge in [0, 0.05) is 11.1 Å². The minimum atomic E-state index is -0.389. The molecule has 3 aromatic carbocycles. The number of rotatable bonds is 8. The summed E-state index contributed by atoms with van der Waals surface area (Å²) in [5, 5.41) is 12.4. The number of nitrogens with one attached hydrogen (secondary N) is 1. The molecule has 8 heteroatoms. The monoisotopic (exact) mass is 457 g/mol. The molecule has 8 nitrogen and oxygen atoms in total. The summed E-state index contributed by atoms with van der Waals surface area (Å²) in [7, 11) is 3.00. The van der Waals surface area contributed by atoms with Crippen LogP contribution in [-0.2, 0) is 6.61 Å². The summed E-state index contributed by atoms with van der Waals surface area (Å²) in [5.74, 6) is 1.31. The van der Waals surface area contributed by atoms with Crippen LogP contribution in [-0.4, -0.2) is 35.2 Å². The largest absolute Gasteiger partial charge is 0.508 e. The Hall–Kier alpha value is -4.59.